The summed E-state index contributed by atoms with van der Waals surface area (Å²) in [5, 5.41) is 2.86. The monoisotopic (exact) mass is 377 g/mol. The van der Waals surface area contributed by atoms with E-state index < -0.39 is 23.5 Å². The Hall–Kier alpha value is -1.04. The van der Waals surface area contributed by atoms with E-state index in [4.69, 9.17) is 11.6 Å². The maximum atomic E-state index is 14.3. The van der Waals surface area contributed by atoms with Gasteiger partial charge in [0.1, 0.15) is 17.5 Å². The Morgan fingerprint density at radius 3 is 2.52 bits per heavy atom. The van der Waals surface area contributed by atoms with Crippen LogP contribution in [-0.4, -0.2) is 6.54 Å². The molecule has 1 nitrogen and oxygen atoms in total. The van der Waals surface area contributed by atoms with E-state index in [1.807, 2.05) is 0 Å². The maximum Gasteiger partial charge on any atom is 0.148 e. The predicted molar refractivity (Wildman–Crippen MR) is 81.0 cm³/mol. The molecule has 1 N–H and O–H groups in total. The van der Waals surface area contributed by atoms with Gasteiger partial charge >= 0.3 is 0 Å². The van der Waals surface area contributed by atoms with Gasteiger partial charge in [0.05, 0.1) is 11.1 Å². The summed E-state index contributed by atoms with van der Waals surface area (Å²) in [6, 6.07) is 5.33. The highest BCUT2D eigenvalue weighted by atomic mass is 79.9. The Balaban J connectivity index is 2.59. The fourth-order valence-electron chi connectivity index (χ4n) is 2.09. The molecule has 21 heavy (non-hydrogen) atoms. The van der Waals surface area contributed by atoms with Crippen molar-refractivity contribution in [2.75, 3.05) is 6.54 Å². The van der Waals surface area contributed by atoms with Gasteiger partial charge in [-0.3, -0.25) is 0 Å². The molecule has 2 rings (SSSR count). The first-order chi connectivity index (χ1) is 9.95. The second kappa shape index (κ2) is 6.81. The van der Waals surface area contributed by atoms with E-state index in [0.29, 0.717) is 11.0 Å². The topological polar surface area (TPSA) is 12.0 Å². The molecule has 0 aliphatic heterocycles. The second-order valence-electron chi connectivity index (χ2n) is 4.42. The molecule has 1 unspecified atom stereocenters. The lowest BCUT2D eigenvalue weighted by Gasteiger charge is -2.21. The number of nitrogens with one attached hydrogen (secondary N) is 1. The van der Waals surface area contributed by atoms with E-state index in [0.717, 1.165) is 18.2 Å². The molecule has 0 radical (unpaired) electrons. The minimum atomic E-state index is -0.823. The number of hydrogen-bond acceptors (Lipinski definition) is 1. The quantitative estimate of drug-likeness (QED) is 0.719. The Morgan fingerprint density at radius 2 is 1.86 bits per heavy atom. The molecule has 0 aromatic heterocycles. The Labute approximate surface area is 134 Å². The van der Waals surface area contributed by atoms with Crippen molar-refractivity contribution in [3.8, 4) is 0 Å². The molecule has 6 heteroatoms. The summed E-state index contributed by atoms with van der Waals surface area (Å²) >= 11 is 8.99. The highest BCUT2D eigenvalue weighted by Gasteiger charge is 2.23. The summed E-state index contributed by atoms with van der Waals surface area (Å²) < 4.78 is 42.1. The molecule has 0 aliphatic rings. The first kappa shape index (κ1) is 16.3. The van der Waals surface area contributed by atoms with Gasteiger partial charge in [0.2, 0.25) is 0 Å². The highest BCUT2D eigenvalue weighted by Crippen LogP contribution is 2.33. The van der Waals surface area contributed by atoms with Gasteiger partial charge in [-0.15, -0.1) is 0 Å². The zero-order valence-corrected chi connectivity index (χ0v) is 13.4. The van der Waals surface area contributed by atoms with Crippen LogP contribution < -0.4 is 5.32 Å². The average molecular weight is 379 g/mol. The summed E-state index contributed by atoms with van der Waals surface area (Å²) in [6.07, 6.45) is 0. The number of hydrogen-bond donors (Lipinski definition) is 1. The fourth-order valence-corrected chi connectivity index (χ4v) is 2.57. The summed E-state index contributed by atoms with van der Waals surface area (Å²) in [5.41, 5.74) is 0.198. The van der Waals surface area contributed by atoms with Crippen LogP contribution in [0.25, 0.3) is 0 Å². The van der Waals surface area contributed by atoms with Crippen molar-refractivity contribution in [3.63, 3.8) is 0 Å². The van der Waals surface area contributed by atoms with E-state index in [-0.39, 0.29) is 16.1 Å². The molecular formula is C15H12BrClF3N. The van der Waals surface area contributed by atoms with Gasteiger partial charge in [-0.25, -0.2) is 13.2 Å². The van der Waals surface area contributed by atoms with Gasteiger partial charge in [-0.1, -0.05) is 24.6 Å². The second-order valence-corrected chi connectivity index (χ2v) is 5.65. The van der Waals surface area contributed by atoms with E-state index in [1.165, 1.54) is 6.07 Å². The fraction of sp³-hybridized carbons (Fsp3) is 0.200. The summed E-state index contributed by atoms with van der Waals surface area (Å²) in [7, 11) is 0. The molecular weight excluding hydrogens is 367 g/mol. The van der Waals surface area contributed by atoms with E-state index in [1.54, 1.807) is 13.0 Å². The van der Waals surface area contributed by atoms with Gasteiger partial charge < -0.3 is 5.32 Å². The normalized spacial score (nSPS) is 12.5. The van der Waals surface area contributed by atoms with Crippen LogP contribution in [0.1, 0.15) is 24.1 Å². The molecule has 0 aliphatic carbocycles. The van der Waals surface area contributed by atoms with Crippen LogP contribution in [0.2, 0.25) is 5.02 Å². The highest BCUT2D eigenvalue weighted by molar-refractivity contribution is 9.10. The predicted octanol–water partition coefficient (Wildman–Crippen LogP) is 5.22. The van der Waals surface area contributed by atoms with Crippen molar-refractivity contribution in [1.29, 1.82) is 0 Å². The molecule has 0 spiro atoms. The SMILES string of the molecule is CCNC(c1cc(F)ccc1F)c1ccc(Br)c(Cl)c1F. The molecule has 0 amide bonds. The van der Waals surface area contributed by atoms with Crippen LogP contribution in [-0.2, 0) is 0 Å². The number of halogens is 5. The molecule has 0 fully saturated rings. The van der Waals surface area contributed by atoms with Crippen LogP contribution in [0.5, 0.6) is 0 Å². The van der Waals surface area contributed by atoms with Gasteiger partial charge in [-0.05, 0) is 46.7 Å². The zero-order valence-electron chi connectivity index (χ0n) is 11.1. The molecule has 2 aromatic carbocycles. The summed E-state index contributed by atoms with van der Waals surface area (Å²) in [5.74, 6) is -1.86. The van der Waals surface area contributed by atoms with Crippen LogP contribution in [0, 0.1) is 17.5 Å². The third-order valence-corrected chi connectivity index (χ3v) is 4.31. The Bertz CT molecular complexity index is 664. The first-order valence-corrected chi connectivity index (χ1v) is 7.44. The van der Waals surface area contributed by atoms with Crippen molar-refractivity contribution in [2.24, 2.45) is 0 Å². The average Bonchev–Trinajstić information content (AvgIpc) is 2.46. The molecule has 0 heterocycles. The van der Waals surface area contributed by atoms with E-state index in [9.17, 15) is 13.2 Å². The van der Waals surface area contributed by atoms with Crippen LogP contribution in [0.3, 0.4) is 0 Å². The lowest BCUT2D eigenvalue weighted by Crippen LogP contribution is -2.24. The standard InChI is InChI=1S/C15H12BrClF3N/c1-2-21-15(10-7-8(18)3-6-12(10)19)9-4-5-11(16)13(17)14(9)20/h3-7,15,21H,2H2,1H3. The molecule has 1 atom stereocenters. The van der Waals surface area contributed by atoms with Gasteiger partial charge in [-0.2, -0.15) is 0 Å². The third kappa shape index (κ3) is 3.42. The minimum absolute atomic E-state index is 0.0362. The number of benzene rings is 2. The van der Waals surface area contributed by atoms with Gasteiger partial charge in [0, 0.05) is 15.6 Å². The third-order valence-electron chi connectivity index (χ3n) is 3.05. The molecule has 0 saturated heterocycles. The van der Waals surface area contributed by atoms with Crippen molar-refractivity contribution < 1.29 is 13.2 Å². The van der Waals surface area contributed by atoms with Gasteiger partial charge in [0.15, 0.2) is 0 Å². The lowest BCUT2D eigenvalue weighted by molar-refractivity contribution is 0.522. The van der Waals surface area contributed by atoms with Crippen molar-refractivity contribution in [3.05, 3.63) is 68.4 Å². The summed E-state index contributed by atoms with van der Waals surface area (Å²) in [6.45, 7) is 2.25. The minimum Gasteiger partial charge on any atom is -0.306 e. The molecule has 2 aromatic rings. The van der Waals surface area contributed by atoms with Crippen molar-refractivity contribution >= 4 is 27.5 Å². The molecule has 0 bridgehead atoms. The number of rotatable bonds is 4. The molecule has 112 valence electrons. The Morgan fingerprint density at radius 1 is 1.14 bits per heavy atom. The lowest BCUT2D eigenvalue weighted by atomic mass is 9.97. The van der Waals surface area contributed by atoms with Crippen LogP contribution in [0.15, 0.2) is 34.8 Å². The maximum absolute atomic E-state index is 14.3. The van der Waals surface area contributed by atoms with Crippen molar-refractivity contribution in [1.82, 2.24) is 5.32 Å². The van der Waals surface area contributed by atoms with Crippen molar-refractivity contribution in [2.45, 2.75) is 13.0 Å². The first-order valence-electron chi connectivity index (χ1n) is 6.27. The van der Waals surface area contributed by atoms with E-state index >= 15 is 0 Å². The summed E-state index contributed by atoms with van der Waals surface area (Å²) in [4.78, 5) is 0. The van der Waals surface area contributed by atoms with Gasteiger partial charge in [0.25, 0.3) is 0 Å². The largest absolute Gasteiger partial charge is 0.306 e. The Kier molecular flexibility index (Phi) is 5.30. The van der Waals surface area contributed by atoms with Crippen LogP contribution in [0.4, 0.5) is 13.2 Å². The molecule has 0 saturated carbocycles. The zero-order chi connectivity index (χ0) is 15.6. The smallest absolute Gasteiger partial charge is 0.148 e. The van der Waals surface area contributed by atoms with E-state index in [2.05, 4.69) is 21.2 Å². The van der Waals surface area contributed by atoms with Crippen LogP contribution >= 0.6 is 27.5 Å².